The first-order chi connectivity index (χ1) is 16.2. The highest BCUT2D eigenvalue weighted by Gasteiger charge is 2.19. The van der Waals surface area contributed by atoms with Crippen molar-refractivity contribution in [1.82, 2.24) is 9.88 Å². The first-order valence-corrected chi connectivity index (χ1v) is 11.5. The summed E-state index contributed by atoms with van der Waals surface area (Å²) >= 11 is 0. The number of amides is 1. The number of fused-ring (bicyclic) bond motifs is 2. The Labute approximate surface area is 195 Å². The third-order valence-electron chi connectivity index (χ3n) is 5.64. The number of hydrogen-bond donors (Lipinski definition) is 0. The average molecular weight is 447 g/mol. The van der Waals surface area contributed by atoms with Gasteiger partial charge in [0.2, 0.25) is 5.88 Å². The predicted octanol–water partition coefficient (Wildman–Crippen LogP) is 5.54. The average Bonchev–Trinajstić information content (AvgIpc) is 2.83. The highest BCUT2D eigenvalue weighted by molar-refractivity contribution is 5.78. The number of benzene rings is 2. The number of aromatic nitrogens is 1. The molecule has 0 N–H and O–H groups in total. The zero-order valence-electron chi connectivity index (χ0n) is 19.0. The number of aryl methyl sites for hydroxylation is 1. The van der Waals surface area contributed by atoms with Crippen LogP contribution >= 0.6 is 0 Å². The summed E-state index contributed by atoms with van der Waals surface area (Å²) in [7, 11) is 0. The molecule has 0 spiro atoms. The van der Waals surface area contributed by atoms with Gasteiger partial charge in [-0.2, -0.15) is 0 Å². The lowest BCUT2D eigenvalue weighted by atomic mass is 10.1. The molecule has 0 saturated heterocycles. The van der Waals surface area contributed by atoms with Crippen LogP contribution in [0, 0.1) is 6.92 Å². The number of ether oxygens (including phenoxy) is 3. The molecular weight excluding hydrogens is 416 g/mol. The third kappa shape index (κ3) is 6.25. The molecule has 1 aromatic heterocycles. The molecule has 1 aliphatic heterocycles. The highest BCUT2D eigenvalue weighted by atomic mass is 16.5. The van der Waals surface area contributed by atoms with Crippen LogP contribution in [0.1, 0.15) is 36.8 Å². The number of rotatable bonds is 3. The van der Waals surface area contributed by atoms with Gasteiger partial charge in [-0.1, -0.05) is 49.2 Å². The zero-order valence-corrected chi connectivity index (χ0v) is 19.0. The molecule has 4 rings (SSSR count). The minimum Gasteiger partial charge on any atom is -0.490 e. The van der Waals surface area contributed by atoms with E-state index in [1.54, 1.807) is 6.20 Å². The lowest BCUT2D eigenvalue weighted by Gasteiger charge is -2.24. The predicted molar refractivity (Wildman–Crippen MR) is 127 cm³/mol. The van der Waals surface area contributed by atoms with E-state index in [1.165, 1.54) is 0 Å². The molecule has 0 radical (unpaired) electrons. The van der Waals surface area contributed by atoms with Crippen molar-refractivity contribution >= 4 is 5.91 Å². The maximum absolute atomic E-state index is 13.2. The van der Waals surface area contributed by atoms with Crippen molar-refractivity contribution in [3.63, 3.8) is 0 Å². The molecule has 0 bridgehead atoms. The molecule has 0 fully saturated rings. The normalized spacial score (nSPS) is 14.6. The van der Waals surface area contributed by atoms with Crippen molar-refractivity contribution in [1.29, 1.82) is 0 Å². The number of carbonyl (C=O) groups is 1. The fourth-order valence-electron chi connectivity index (χ4n) is 3.78. The lowest BCUT2D eigenvalue weighted by Crippen LogP contribution is -2.35. The molecule has 0 aliphatic carbocycles. The van der Waals surface area contributed by atoms with Crippen molar-refractivity contribution in [3.8, 4) is 23.1 Å². The maximum atomic E-state index is 13.2. The summed E-state index contributed by atoms with van der Waals surface area (Å²) in [6.07, 6.45) is 5.64. The Balaban J connectivity index is 1.54. The fraction of sp³-hybridized carbons (Fsp3) is 0.333. The summed E-state index contributed by atoms with van der Waals surface area (Å²) in [6, 6.07) is 19.2. The van der Waals surface area contributed by atoms with E-state index in [0.717, 1.165) is 42.6 Å². The van der Waals surface area contributed by atoms with Gasteiger partial charge in [0, 0.05) is 18.3 Å². The van der Waals surface area contributed by atoms with Gasteiger partial charge in [-0.3, -0.25) is 4.79 Å². The van der Waals surface area contributed by atoms with Crippen LogP contribution in [0.2, 0.25) is 0 Å². The van der Waals surface area contributed by atoms with E-state index >= 15 is 0 Å². The Hall–Kier alpha value is -3.54. The standard InChI is InChI=1S/C27H30N2O4/c1-21-11-4-5-13-23(21)32-20-26(30)29-17-8-2-3-9-18-31-24-14-6-7-15-25(24)33-27-22(19-29)12-10-16-28-27/h4-7,10-16H,2-3,8-9,17-20H2,1H3. The van der Waals surface area contributed by atoms with Crippen LogP contribution in [-0.4, -0.2) is 35.5 Å². The second-order valence-electron chi connectivity index (χ2n) is 8.15. The Morgan fingerprint density at radius 1 is 0.970 bits per heavy atom. The van der Waals surface area contributed by atoms with Crippen molar-refractivity contribution in [2.24, 2.45) is 0 Å². The molecule has 0 saturated carbocycles. The summed E-state index contributed by atoms with van der Waals surface area (Å²) in [5.41, 5.74) is 1.85. The molecule has 0 atom stereocenters. The number of carbonyl (C=O) groups excluding carboxylic acids is 1. The third-order valence-corrected chi connectivity index (χ3v) is 5.64. The SMILES string of the molecule is Cc1ccccc1OCC(=O)N1CCCCCCOc2ccccc2Oc2ncccc2C1. The van der Waals surface area contributed by atoms with E-state index in [-0.39, 0.29) is 12.5 Å². The van der Waals surface area contributed by atoms with Gasteiger partial charge < -0.3 is 19.1 Å². The van der Waals surface area contributed by atoms with E-state index < -0.39 is 0 Å². The minimum atomic E-state index is -0.0520. The van der Waals surface area contributed by atoms with Crippen molar-refractivity contribution in [3.05, 3.63) is 78.0 Å². The summed E-state index contributed by atoms with van der Waals surface area (Å²) < 4.78 is 18.0. The van der Waals surface area contributed by atoms with Crippen molar-refractivity contribution in [2.45, 2.75) is 39.2 Å². The molecule has 33 heavy (non-hydrogen) atoms. The van der Waals surface area contributed by atoms with E-state index in [0.29, 0.717) is 37.1 Å². The summed E-state index contributed by atoms with van der Waals surface area (Å²) in [5.74, 6) is 2.48. The second-order valence-corrected chi connectivity index (χ2v) is 8.15. The van der Waals surface area contributed by atoms with Crippen LogP contribution in [0.5, 0.6) is 23.1 Å². The maximum Gasteiger partial charge on any atom is 0.260 e. The molecule has 3 aromatic rings. The van der Waals surface area contributed by atoms with Gasteiger partial charge >= 0.3 is 0 Å². The number of nitrogens with zero attached hydrogens (tertiary/aromatic N) is 2. The number of pyridine rings is 1. The number of para-hydroxylation sites is 3. The Kier molecular flexibility index (Phi) is 7.80. The van der Waals surface area contributed by atoms with E-state index in [2.05, 4.69) is 4.98 Å². The van der Waals surface area contributed by atoms with Crippen LogP contribution in [0.4, 0.5) is 0 Å². The number of hydrogen-bond acceptors (Lipinski definition) is 5. The van der Waals surface area contributed by atoms with Crippen LogP contribution < -0.4 is 14.2 Å². The van der Waals surface area contributed by atoms with Gasteiger partial charge in [-0.25, -0.2) is 4.98 Å². The minimum absolute atomic E-state index is 0.00200. The fourth-order valence-corrected chi connectivity index (χ4v) is 3.78. The van der Waals surface area contributed by atoms with Gasteiger partial charge in [0.1, 0.15) is 5.75 Å². The molecule has 172 valence electrons. The van der Waals surface area contributed by atoms with Gasteiger partial charge in [0.25, 0.3) is 5.91 Å². The monoisotopic (exact) mass is 446 g/mol. The van der Waals surface area contributed by atoms with Crippen LogP contribution in [0.3, 0.4) is 0 Å². The molecule has 0 unspecified atom stereocenters. The molecule has 1 amide bonds. The van der Waals surface area contributed by atoms with Crippen LogP contribution in [0.25, 0.3) is 0 Å². The summed E-state index contributed by atoms with van der Waals surface area (Å²) in [4.78, 5) is 19.4. The molecule has 2 aromatic carbocycles. The second kappa shape index (κ2) is 11.4. The molecule has 2 heterocycles. The van der Waals surface area contributed by atoms with E-state index in [1.807, 2.05) is 72.5 Å². The van der Waals surface area contributed by atoms with Crippen LogP contribution in [-0.2, 0) is 11.3 Å². The zero-order chi connectivity index (χ0) is 22.9. The topological polar surface area (TPSA) is 60.9 Å². The summed E-state index contributed by atoms with van der Waals surface area (Å²) in [6.45, 7) is 3.66. The van der Waals surface area contributed by atoms with E-state index in [4.69, 9.17) is 14.2 Å². The first-order valence-electron chi connectivity index (χ1n) is 11.5. The van der Waals surface area contributed by atoms with Gasteiger partial charge in [-0.05, 0) is 49.6 Å². The Morgan fingerprint density at radius 3 is 2.64 bits per heavy atom. The quantitative estimate of drug-likeness (QED) is 0.528. The Bertz CT molecular complexity index is 1070. The molecule has 1 aliphatic rings. The molecule has 6 heteroatoms. The first kappa shape index (κ1) is 22.6. The van der Waals surface area contributed by atoms with E-state index in [9.17, 15) is 4.79 Å². The smallest absolute Gasteiger partial charge is 0.260 e. The van der Waals surface area contributed by atoms with Crippen LogP contribution in [0.15, 0.2) is 66.9 Å². The lowest BCUT2D eigenvalue weighted by molar-refractivity contribution is -0.134. The van der Waals surface area contributed by atoms with Gasteiger partial charge in [-0.15, -0.1) is 0 Å². The largest absolute Gasteiger partial charge is 0.490 e. The summed E-state index contributed by atoms with van der Waals surface area (Å²) in [5, 5.41) is 0. The van der Waals surface area contributed by atoms with Gasteiger partial charge in [0.05, 0.1) is 13.2 Å². The molecule has 6 nitrogen and oxygen atoms in total. The van der Waals surface area contributed by atoms with Crippen molar-refractivity contribution < 1.29 is 19.0 Å². The van der Waals surface area contributed by atoms with Gasteiger partial charge in [0.15, 0.2) is 18.1 Å². The Morgan fingerprint density at radius 2 is 1.76 bits per heavy atom. The molecular formula is C27H30N2O4. The highest BCUT2D eigenvalue weighted by Crippen LogP contribution is 2.32. The van der Waals surface area contributed by atoms with Crippen molar-refractivity contribution in [2.75, 3.05) is 19.8 Å².